The number of carbonyl (C=O) groups excluding carboxylic acids is 1. The van der Waals surface area contributed by atoms with E-state index in [9.17, 15) is 14.4 Å². The summed E-state index contributed by atoms with van der Waals surface area (Å²) in [6, 6.07) is 8.15. The third-order valence-corrected chi connectivity index (χ3v) is 4.86. The van der Waals surface area contributed by atoms with Crippen LogP contribution < -0.4 is 10.1 Å². The van der Waals surface area contributed by atoms with Gasteiger partial charge in [0.2, 0.25) is 5.91 Å². The zero-order valence-corrected chi connectivity index (χ0v) is 14.9. The van der Waals surface area contributed by atoms with Crippen LogP contribution in [0.5, 0.6) is 5.75 Å². The van der Waals surface area contributed by atoms with Crippen LogP contribution in [0.2, 0.25) is 0 Å². The summed E-state index contributed by atoms with van der Waals surface area (Å²) in [5.41, 5.74) is -0.728. The Kier molecular flexibility index (Phi) is 6.77. The fraction of sp³-hybridized carbons (Fsp3) is 0.579. The van der Waals surface area contributed by atoms with Gasteiger partial charge in [-0.2, -0.15) is 5.26 Å². The van der Waals surface area contributed by atoms with Crippen molar-refractivity contribution in [1.82, 2.24) is 10.2 Å². The molecular formula is C19H26FN3O2. The highest BCUT2D eigenvalue weighted by atomic mass is 19.1. The molecule has 0 aromatic heterocycles. The molecule has 6 heteroatoms. The SMILES string of the molecule is C[C@@H](C(=O)NC1(C#N)CCCCC1)N(C)CCOc1ccccc1F. The van der Waals surface area contributed by atoms with Crippen LogP contribution in [0, 0.1) is 17.1 Å². The highest BCUT2D eigenvalue weighted by Gasteiger charge is 2.35. The molecule has 136 valence electrons. The lowest BCUT2D eigenvalue weighted by atomic mass is 9.82. The van der Waals surface area contributed by atoms with Crippen molar-refractivity contribution in [2.24, 2.45) is 0 Å². The number of likely N-dealkylation sites (N-methyl/N-ethyl adjacent to an activating group) is 1. The molecule has 0 unspecified atom stereocenters. The Bertz CT molecular complexity index is 623. The number of carbonyl (C=O) groups is 1. The van der Waals surface area contributed by atoms with Gasteiger partial charge in [0.25, 0.3) is 0 Å². The number of ether oxygens (including phenoxy) is 1. The first-order valence-corrected chi connectivity index (χ1v) is 8.78. The van der Waals surface area contributed by atoms with E-state index in [1.807, 2.05) is 11.9 Å². The van der Waals surface area contributed by atoms with Gasteiger partial charge in [-0.1, -0.05) is 31.4 Å². The molecule has 1 amide bonds. The van der Waals surface area contributed by atoms with E-state index in [0.29, 0.717) is 19.4 Å². The van der Waals surface area contributed by atoms with Gasteiger partial charge in [0.15, 0.2) is 11.6 Å². The molecule has 1 aromatic rings. The highest BCUT2D eigenvalue weighted by Crippen LogP contribution is 2.27. The second-order valence-electron chi connectivity index (χ2n) is 6.68. The maximum absolute atomic E-state index is 13.5. The number of amides is 1. The molecular weight excluding hydrogens is 321 g/mol. The molecule has 1 atom stereocenters. The van der Waals surface area contributed by atoms with Gasteiger partial charge in [-0.05, 0) is 38.9 Å². The smallest absolute Gasteiger partial charge is 0.238 e. The van der Waals surface area contributed by atoms with Crippen LogP contribution in [-0.2, 0) is 4.79 Å². The van der Waals surface area contributed by atoms with Gasteiger partial charge in [0.1, 0.15) is 12.1 Å². The van der Waals surface area contributed by atoms with Crippen molar-refractivity contribution in [2.45, 2.75) is 50.6 Å². The maximum atomic E-state index is 13.5. The second-order valence-corrected chi connectivity index (χ2v) is 6.68. The number of nitriles is 1. The molecule has 0 aliphatic heterocycles. The Morgan fingerprint density at radius 2 is 2.08 bits per heavy atom. The first-order valence-electron chi connectivity index (χ1n) is 8.78. The van der Waals surface area contributed by atoms with Gasteiger partial charge in [-0.3, -0.25) is 9.69 Å². The predicted molar refractivity (Wildman–Crippen MR) is 93.6 cm³/mol. The quantitative estimate of drug-likeness (QED) is 0.824. The summed E-state index contributed by atoms with van der Waals surface area (Å²) in [6.45, 7) is 2.55. The molecule has 1 N–H and O–H groups in total. The molecule has 1 aliphatic carbocycles. The topological polar surface area (TPSA) is 65.4 Å². The number of rotatable bonds is 7. The molecule has 5 nitrogen and oxygen atoms in total. The Labute approximate surface area is 148 Å². The van der Waals surface area contributed by atoms with Gasteiger partial charge in [-0.15, -0.1) is 0 Å². The molecule has 0 radical (unpaired) electrons. The largest absolute Gasteiger partial charge is 0.489 e. The lowest BCUT2D eigenvalue weighted by Crippen LogP contribution is -2.54. The minimum Gasteiger partial charge on any atom is -0.489 e. The van der Waals surface area contributed by atoms with E-state index in [1.165, 1.54) is 6.07 Å². The average Bonchev–Trinajstić information content (AvgIpc) is 2.63. The molecule has 1 saturated carbocycles. The van der Waals surface area contributed by atoms with Gasteiger partial charge in [0, 0.05) is 6.54 Å². The molecule has 1 aromatic carbocycles. The minimum atomic E-state index is -0.728. The van der Waals surface area contributed by atoms with E-state index in [1.54, 1.807) is 25.1 Å². The van der Waals surface area contributed by atoms with Crippen molar-refractivity contribution < 1.29 is 13.9 Å². The Morgan fingerprint density at radius 1 is 1.40 bits per heavy atom. The van der Waals surface area contributed by atoms with Gasteiger partial charge >= 0.3 is 0 Å². The Hall–Kier alpha value is -2.13. The van der Waals surface area contributed by atoms with Crippen LogP contribution in [-0.4, -0.2) is 42.6 Å². The van der Waals surface area contributed by atoms with Crippen molar-refractivity contribution in [2.75, 3.05) is 20.2 Å². The third kappa shape index (κ3) is 5.17. The Balaban J connectivity index is 1.82. The summed E-state index contributed by atoms with van der Waals surface area (Å²) in [7, 11) is 1.81. The van der Waals surface area contributed by atoms with Crippen LogP contribution in [0.4, 0.5) is 4.39 Å². The number of hydrogen-bond acceptors (Lipinski definition) is 4. The Morgan fingerprint density at radius 3 is 2.72 bits per heavy atom. The van der Waals surface area contributed by atoms with Crippen molar-refractivity contribution in [3.63, 3.8) is 0 Å². The molecule has 0 heterocycles. The van der Waals surface area contributed by atoms with Crippen molar-refractivity contribution >= 4 is 5.91 Å². The lowest BCUT2D eigenvalue weighted by molar-refractivity contribution is -0.127. The summed E-state index contributed by atoms with van der Waals surface area (Å²) in [5, 5.41) is 12.4. The zero-order valence-electron chi connectivity index (χ0n) is 14.9. The molecule has 25 heavy (non-hydrogen) atoms. The van der Waals surface area contributed by atoms with Crippen LogP contribution >= 0.6 is 0 Å². The van der Waals surface area contributed by atoms with Gasteiger partial charge < -0.3 is 10.1 Å². The van der Waals surface area contributed by atoms with E-state index < -0.39 is 17.4 Å². The number of halogens is 1. The van der Waals surface area contributed by atoms with E-state index in [4.69, 9.17) is 4.74 Å². The zero-order chi connectivity index (χ0) is 18.3. The fourth-order valence-electron chi connectivity index (χ4n) is 3.02. The van der Waals surface area contributed by atoms with Crippen LogP contribution in [0.15, 0.2) is 24.3 Å². The highest BCUT2D eigenvalue weighted by molar-refractivity contribution is 5.82. The molecule has 1 fully saturated rings. The number of para-hydroxylation sites is 1. The van der Waals surface area contributed by atoms with Gasteiger partial charge in [0.05, 0.1) is 12.1 Å². The summed E-state index contributed by atoms with van der Waals surface area (Å²) in [5.74, 6) is -0.348. The predicted octanol–water partition coefficient (Wildman–Crippen LogP) is 2.87. The fourth-order valence-corrected chi connectivity index (χ4v) is 3.02. The standard InChI is InChI=1S/C19H26FN3O2/c1-15(18(24)22-19(14-21)10-6-3-7-11-19)23(2)12-13-25-17-9-5-4-8-16(17)20/h4-5,8-9,15H,3,6-7,10-13H2,1-2H3,(H,22,24)/t15-/m0/s1. The number of nitrogens with zero attached hydrogens (tertiary/aromatic N) is 2. The molecule has 0 spiro atoms. The van der Waals surface area contributed by atoms with Crippen LogP contribution in [0.1, 0.15) is 39.0 Å². The molecule has 1 aliphatic rings. The van der Waals surface area contributed by atoms with Crippen LogP contribution in [0.3, 0.4) is 0 Å². The van der Waals surface area contributed by atoms with Crippen molar-refractivity contribution in [1.29, 1.82) is 5.26 Å². The monoisotopic (exact) mass is 347 g/mol. The summed E-state index contributed by atoms with van der Waals surface area (Å²) < 4.78 is 18.9. The second kappa shape index (κ2) is 8.82. The van der Waals surface area contributed by atoms with Crippen molar-refractivity contribution in [3.8, 4) is 11.8 Å². The number of nitrogens with one attached hydrogen (secondary N) is 1. The van der Waals surface area contributed by atoms with Crippen LogP contribution in [0.25, 0.3) is 0 Å². The summed E-state index contributed by atoms with van der Waals surface area (Å²) in [4.78, 5) is 14.3. The van der Waals surface area contributed by atoms with E-state index in [-0.39, 0.29) is 18.3 Å². The van der Waals surface area contributed by atoms with E-state index in [2.05, 4.69) is 11.4 Å². The summed E-state index contributed by atoms with van der Waals surface area (Å²) in [6.07, 6.45) is 4.47. The van der Waals surface area contributed by atoms with E-state index >= 15 is 0 Å². The lowest BCUT2D eigenvalue weighted by Gasteiger charge is -2.34. The van der Waals surface area contributed by atoms with Crippen molar-refractivity contribution in [3.05, 3.63) is 30.1 Å². The minimum absolute atomic E-state index is 0.156. The number of hydrogen-bond donors (Lipinski definition) is 1. The van der Waals surface area contributed by atoms with Gasteiger partial charge in [-0.25, -0.2) is 4.39 Å². The normalized spacial score (nSPS) is 17.6. The number of benzene rings is 1. The molecule has 0 saturated heterocycles. The average molecular weight is 347 g/mol. The summed E-state index contributed by atoms with van der Waals surface area (Å²) >= 11 is 0. The molecule has 2 rings (SSSR count). The molecule has 0 bridgehead atoms. The first-order chi connectivity index (χ1) is 12.0. The van der Waals surface area contributed by atoms with E-state index in [0.717, 1.165) is 19.3 Å². The maximum Gasteiger partial charge on any atom is 0.238 e. The first kappa shape index (κ1) is 19.2. The third-order valence-electron chi connectivity index (χ3n) is 4.86.